The zero-order valence-corrected chi connectivity index (χ0v) is 16.3. The summed E-state index contributed by atoms with van der Waals surface area (Å²) in [6.07, 6.45) is 0. The molecule has 0 unspecified atom stereocenters. The molecule has 0 aliphatic carbocycles. The van der Waals surface area contributed by atoms with Crippen molar-refractivity contribution in [3.8, 4) is 11.3 Å². The number of carbonyl (C=O) groups excluding carboxylic acids is 2. The molecule has 0 spiro atoms. The molecule has 5 N–H and O–H groups in total. The smallest absolute Gasteiger partial charge is 0.357 e. The number of nitrogens with two attached hydrogens (primary N) is 1. The number of hydrogen-bond acceptors (Lipinski definition) is 8. The van der Waals surface area contributed by atoms with Gasteiger partial charge in [0.2, 0.25) is 0 Å². The Labute approximate surface area is 168 Å². The maximum absolute atomic E-state index is 12.0. The van der Waals surface area contributed by atoms with Crippen molar-refractivity contribution >= 4 is 50.0 Å². The van der Waals surface area contributed by atoms with Gasteiger partial charge in [0, 0.05) is 15.4 Å². The van der Waals surface area contributed by atoms with Crippen LogP contribution in [-0.4, -0.2) is 33.4 Å². The van der Waals surface area contributed by atoms with Gasteiger partial charge in [-0.05, 0) is 12.1 Å². The maximum atomic E-state index is 12.0. The molecule has 2 heterocycles. The van der Waals surface area contributed by atoms with Crippen LogP contribution in [0.4, 0.5) is 10.8 Å². The predicted molar refractivity (Wildman–Crippen MR) is 106 cm³/mol. The first-order valence-corrected chi connectivity index (χ1v) is 9.31. The third-order valence-corrected chi connectivity index (χ3v) is 4.64. The van der Waals surface area contributed by atoms with E-state index < -0.39 is 41.1 Å². The van der Waals surface area contributed by atoms with Crippen LogP contribution < -0.4 is 22.3 Å². The number of hydrogen-bond donors (Lipinski definition) is 4. The van der Waals surface area contributed by atoms with Crippen LogP contribution in [-0.2, 0) is 9.53 Å². The average molecular weight is 466 g/mol. The molecule has 1 aromatic carbocycles. The number of anilines is 2. The molecule has 0 saturated heterocycles. The van der Waals surface area contributed by atoms with Gasteiger partial charge in [0.25, 0.3) is 11.5 Å². The lowest BCUT2D eigenvalue weighted by Gasteiger charge is -2.05. The van der Waals surface area contributed by atoms with Gasteiger partial charge >= 0.3 is 11.7 Å². The van der Waals surface area contributed by atoms with Gasteiger partial charge in [-0.25, -0.2) is 14.6 Å². The number of aromatic amines is 2. The summed E-state index contributed by atoms with van der Waals surface area (Å²) in [5.74, 6) is -1.75. The van der Waals surface area contributed by atoms with Crippen LogP contribution in [0.3, 0.4) is 0 Å². The Morgan fingerprint density at radius 3 is 2.82 bits per heavy atom. The Hall–Kier alpha value is -3.25. The van der Waals surface area contributed by atoms with E-state index in [-0.39, 0.29) is 0 Å². The second-order valence-corrected chi connectivity index (χ2v) is 7.14. The number of halogens is 1. The molecule has 28 heavy (non-hydrogen) atoms. The molecule has 3 rings (SSSR count). The van der Waals surface area contributed by atoms with Crippen molar-refractivity contribution in [2.24, 2.45) is 0 Å². The molecule has 0 aliphatic rings. The number of ether oxygens (including phenoxy) is 1. The molecule has 1 amide bonds. The molecule has 0 saturated carbocycles. The molecule has 0 radical (unpaired) electrons. The fraction of sp³-hybridized carbons (Fsp3) is 0.0625. The number of H-pyrrole nitrogens is 2. The van der Waals surface area contributed by atoms with Crippen LogP contribution in [0.25, 0.3) is 11.3 Å². The van der Waals surface area contributed by atoms with Gasteiger partial charge in [0.1, 0.15) is 5.69 Å². The molecular formula is C16H12BrN5O5S. The van der Waals surface area contributed by atoms with Crippen molar-refractivity contribution in [1.82, 2.24) is 15.0 Å². The van der Waals surface area contributed by atoms with Crippen LogP contribution in [0.5, 0.6) is 0 Å². The quantitative estimate of drug-likeness (QED) is 0.413. The average Bonchev–Trinajstić information content (AvgIpc) is 3.11. The molecule has 0 bridgehead atoms. The summed E-state index contributed by atoms with van der Waals surface area (Å²) in [5.41, 5.74) is 4.09. The fourth-order valence-electron chi connectivity index (χ4n) is 2.13. The minimum atomic E-state index is -1.11. The Morgan fingerprint density at radius 1 is 1.29 bits per heavy atom. The molecule has 144 valence electrons. The minimum absolute atomic E-state index is 0.320. The minimum Gasteiger partial charge on any atom is -0.451 e. The lowest BCUT2D eigenvalue weighted by Crippen LogP contribution is -2.30. The van der Waals surface area contributed by atoms with Gasteiger partial charge in [0.05, 0.1) is 5.69 Å². The van der Waals surface area contributed by atoms with Gasteiger partial charge in [-0.1, -0.05) is 28.1 Å². The lowest BCUT2D eigenvalue weighted by atomic mass is 10.2. The maximum Gasteiger partial charge on any atom is 0.357 e. The highest BCUT2D eigenvalue weighted by atomic mass is 79.9. The normalized spacial score (nSPS) is 10.5. The van der Waals surface area contributed by atoms with Crippen molar-refractivity contribution in [2.45, 2.75) is 0 Å². The number of thiazole rings is 1. The molecule has 0 atom stereocenters. The van der Waals surface area contributed by atoms with E-state index in [0.29, 0.717) is 10.8 Å². The summed E-state index contributed by atoms with van der Waals surface area (Å²) < 4.78 is 5.67. The summed E-state index contributed by atoms with van der Waals surface area (Å²) in [6.45, 7) is -0.654. The third-order valence-electron chi connectivity index (χ3n) is 3.39. The predicted octanol–water partition coefficient (Wildman–Crippen LogP) is 1.33. The van der Waals surface area contributed by atoms with E-state index in [0.717, 1.165) is 10.0 Å². The van der Waals surface area contributed by atoms with Crippen molar-refractivity contribution in [3.63, 3.8) is 0 Å². The van der Waals surface area contributed by atoms with E-state index in [1.54, 1.807) is 5.38 Å². The Morgan fingerprint density at radius 2 is 2.07 bits per heavy atom. The number of nitrogens with zero attached hydrogens (tertiary/aromatic N) is 1. The van der Waals surface area contributed by atoms with Crippen LogP contribution in [0.15, 0.2) is 43.7 Å². The Bertz CT molecular complexity index is 1170. The number of amides is 1. The van der Waals surface area contributed by atoms with Gasteiger partial charge in [0.15, 0.2) is 17.4 Å². The Kier molecular flexibility index (Phi) is 5.70. The number of aromatic nitrogens is 3. The van der Waals surface area contributed by atoms with Gasteiger partial charge < -0.3 is 10.5 Å². The molecular weight excluding hydrogens is 454 g/mol. The molecule has 0 aliphatic heterocycles. The van der Waals surface area contributed by atoms with Crippen LogP contribution in [0.1, 0.15) is 10.5 Å². The summed E-state index contributed by atoms with van der Waals surface area (Å²) in [6, 6.07) is 7.50. The number of nitrogens with one attached hydrogen (secondary N) is 3. The van der Waals surface area contributed by atoms with Gasteiger partial charge in [-0.2, -0.15) is 0 Å². The lowest BCUT2D eigenvalue weighted by molar-refractivity contribution is -0.119. The monoisotopic (exact) mass is 465 g/mol. The van der Waals surface area contributed by atoms with E-state index in [9.17, 15) is 19.2 Å². The molecule has 3 aromatic rings. The highest BCUT2D eigenvalue weighted by Gasteiger charge is 2.17. The zero-order valence-electron chi connectivity index (χ0n) is 13.9. The Balaban J connectivity index is 1.62. The van der Waals surface area contributed by atoms with E-state index in [1.807, 2.05) is 29.2 Å². The zero-order chi connectivity index (χ0) is 20.3. The first-order valence-electron chi connectivity index (χ1n) is 7.64. The van der Waals surface area contributed by atoms with E-state index in [1.165, 1.54) is 11.3 Å². The standard InChI is InChI=1S/C16H12BrN5O5S/c17-8-3-1-2-7(4-8)9-6-28-16(19-9)20-10(23)5-27-14(25)12-11(18)13(24)22-15(26)21-12/h1-4,6H,5,18H2,(H,19,20,23)(H2,21,22,24,26). The number of benzene rings is 1. The first kappa shape index (κ1) is 19.5. The fourth-order valence-corrected chi connectivity index (χ4v) is 3.26. The van der Waals surface area contributed by atoms with Crippen molar-refractivity contribution < 1.29 is 14.3 Å². The highest BCUT2D eigenvalue weighted by molar-refractivity contribution is 9.10. The summed E-state index contributed by atoms with van der Waals surface area (Å²) in [7, 11) is 0. The van der Waals surface area contributed by atoms with Gasteiger partial charge in [-0.3, -0.25) is 24.9 Å². The number of rotatable bonds is 5. The summed E-state index contributed by atoms with van der Waals surface area (Å²) in [4.78, 5) is 54.7. The second kappa shape index (κ2) is 8.19. The van der Waals surface area contributed by atoms with Gasteiger partial charge in [-0.15, -0.1) is 11.3 Å². The van der Waals surface area contributed by atoms with Crippen molar-refractivity contribution in [2.75, 3.05) is 17.7 Å². The van der Waals surface area contributed by atoms with E-state index >= 15 is 0 Å². The van der Waals surface area contributed by atoms with E-state index in [4.69, 9.17) is 10.5 Å². The first-order chi connectivity index (χ1) is 13.3. The number of carbonyl (C=O) groups is 2. The molecule has 12 heteroatoms. The highest BCUT2D eigenvalue weighted by Crippen LogP contribution is 2.26. The SMILES string of the molecule is Nc1c(C(=O)OCC(=O)Nc2nc(-c3cccc(Br)c3)cs2)[nH]c(=O)[nH]c1=O. The van der Waals surface area contributed by atoms with Crippen LogP contribution in [0, 0.1) is 0 Å². The van der Waals surface area contributed by atoms with Crippen LogP contribution in [0.2, 0.25) is 0 Å². The number of esters is 1. The topological polar surface area (TPSA) is 160 Å². The molecule has 0 fully saturated rings. The summed E-state index contributed by atoms with van der Waals surface area (Å²) in [5, 5.41) is 4.59. The van der Waals surface area contributed by atoms with E-state index in [2.05, 4.69) is 31.2 Å². The number of nitrogen functional groups attached to an aromatic ring is 1. The van der Waals surface area contributed by atoms with Crippen LogP contribution >= 0.6 is 27.3 Å². The molecule has 2 aromatic heterocycles. The summed E-state index contributed by atoms with van der Waals surface area (Å²) >= 11 is 4.58. The third kappa shape index (κ3) is 4.53. The second-order valence-electron chi connectivity index (χ2n) is 5.37. The van der Waals surface area contributed by atoms with Crippen molar-refractivity contribution in [1.29, 1.82) is 0 Å². The largest absolute Gasteiger partial charge is 0.451 e. The molecule has 10 nitrogen and oxygen atoms in total. The van der Waals surface area contributed by atoms with Crippen molar-refractivity contribution in [3.05, 3.63) is 60.7 Å².